The number of para-hydroxylation sites is 1. The van der Waals surface area contributed by atoms with Gasteiger partial charge in [-0.3, -0.25) is 4.79 Å². The number of carbonyl (C=O) groups is 1. The van der Waals surface area contributed by atoms with Gasteiger partial charge in [-0.05, 0) is 12.1 Å². The molecular formula is C14H15ClN4O2. The Morgan fingerprint density at radius 3 is 3.05 bits per heavy atom. The minimum atomic E-state index is -0.153. The van der Waals surface area contributed by atoms with E-state index in [2.05, 4.69) is 16.4 Å². The number of nitrogens with zero attached hydrogens (tertiary/aromatic N) is 3. The number of imidazole rings is 1. The van der Waals surface area contributed by atoms with Crippen LogP contribution in [0.4, 0.5) is 0 Å². The van der Waals surface area contributed by atoms with Gasteiger partial charge in [-0.1, -0.05) is 6.07 Å². The van der Waals surface area contributed by atoms with Gasteiger partial charge < -0.3 is 14.6 Å². The zero-order valence-corrected chi connectivity index (χ0v) is 12.4. The highest BCUT2D eigenvalue weighted by molar-refractivity contribution is 6.17. The second-order valence-electron chi connectivity index (χ2n) is 4.38. The van der Waals surface area contributed by atoms with Crippen LogP contribution >= 0.6 is 11.6 Å². The second kappa shape index (κ2) is 7.07. The fraction of sp³-hybridized carbons (Fsp3) is 0.357. The molecule has 0 fully saturated rings. The lowest BCUT2D eigenvalue weighted by Gasteiger charge is -2.08. The number of benzene rings is 1. The van der Waals surface area contributed by atoms with E-state index in [-0.39, 0.29) is 18.3 Å². The molecule has 0 saturated heterocycles. The molecule has 0 aliphatic heterocycles. The highest BCUT2D eigenvalue weighted by Gasteiger charge is 2.15. The third kappa shape index (κ3) is 3.32. The van der Waals surface area contributed by atoms with Gasteiger partial charge in [0.05, 0.1) is 23.6 Å². The number of ether oxygens (including phenoxy) is 1. The molecule has 0 bridgehead atoms. The maximum Gasteiger partial charge on any atom is 0.240 e. The molecule has 21 heavy (non-hydrogen) atoms. The summed E-state index contributed by atoms with van der Waals surface area (Å²) in [5.41, 5.74) is 1.77. The van der Waals surface area contributed by atoms with Gasteiger partial charge in [-0.15, -0.1) is 11.6 Å². The summed E-state index contributed by atoms with van der Waals surface area (Å²) < 4.78 is 6.61. The first-order valence-electron chi connectivity index (χ1n) is 6.41. The van der Waals surface area contributed by atoms with Crippen molar-refractivity contribution < 1.29 is 9.53 Å². The Balaban J connectivity index is 2.30. The summed E-state index contributed by atoms with van der Waals surface area (Å²) in [5, 5.41) is 11.9. The van der Waals surface area contributed by atoms with Crippen molar-refractivity contribution in [3.05, 3.63) is 29.6 Å². The molecule has 0 aliphatic rings. The summed E-state index contributed by atoms with van der Waals surface area (Å²) in [5.74, 6) is 0.585. The van der Waals surface area contributed by atoms with Crippen LogP contribution in [-0.4, -0.2) is 35.7 Å². The van der Waals surface area contributed by atoms with Crippen LogP contribution in [-0.2, 0) is 22.0 Å². The highest BCUT2D eigenvalue weighted by Crippen LogP contribution is 2.20. The van der Waals surface area contributed by atoms with Crippen molar-refractivity contribution in [3.63, 3.8) is 0 Å². The van der Waals surface area contributed by atoms with Crippen LogP contribution in [0.1, 0.15) is 11.4 Å². The molecule has 0 radical (unpaired) electrons. The predicted octanol–water partition coefficient (Wildman–Crippen LogP) is 1.41. The molecule has 1 heterocycles. The summed E-state index contributed by atoms with van der Waals surface area (Å²) in [6.07, 6.45) is 0. The molecule has 0 atom stereocenters. The number of aromatic nitrogens is 2. The average Bonchev–Trinajstić information content (AvgIpc) is 2.85. The van der Waals surface area contributed by atoms with Crippen molar-refractivity contribution in [1.82, 2.24) is 14.9 Å². The number of hydrogen-bond donors (Lipinski definition) is 1. The van der Waals surface area contributed by atoms with Crippen LogP contribution in [0.2, 0.25) is 0 Å². The standard InChI is InChI=1S/C14H15ClN4O2/c1-21-6-5-17-13(20)9-19-11-4-2-3-10(8-16)14(11)18-12(19)7-15/h2-4H,5-7,9H2,1H3,(H,17,20). The van der Waals surface area contributed by atoms with Crippen molar-refractivity contribution in [2.75, 3.05) is 20.3 Å². The summed E-state index contributed by atoms with van der Waals surface area (Å²) in [6.45, 7) is 1.01. The summed E-state index contributed by atoms with van der Waals surface area (Å²) in [6, 6.07) is 7.37. The SMILES string of the molecule is COCCNC(=O)Cn1c(CCl)nc2c(C#N)cccc21. The number of halogens is 1. The smallest absolute Gasteiger partial charge is 0.240 e. The predicted molar refractivity (Wildman–Crippen MR) is 78.9 cm³/mol. The largest absolute Gasteiger partial charge is 0.383 e. The first-order valence-corrected chi connectivity index (χ1v) is 6.94. The number of hydrogen-bond acceptors (Lipinski definition) is 4. The Labute approximate surface area is 127 Å². The van der Waals surface area contributed by atoms with Crippen molar-refractivity contribution in [1.29, 1.82) is 5.26 Å². The van der Waals surface area contributed by atoms with E-state index in [0.717, 1.165) is 5.52 Å². The topological polar surface area (TPSA) is 79.9 Å². The zero-order chi connectivity index (χ0) is 15.2. The first kappa shape index (κ1) is 15.3. The van der Waals surface area contributed by atoms with E-state index in [0.29, 0.717) is 30.1 Å². The van der Waals surface area contributed by atoms with Gasteiger partial charge in [0.15, 0.2) is 0 Å². The normalized spacial score (nSPS) is 10.5. The molecule has 6 nitrogen and oxygen atoms in total. The molecule has 0 unspecified atom stereocenters. The van der Waals surface area contributed by atoms with Gasteiger partial charge in [-0.2, -0.15) is 5.26 Å². The Morgan fingerprint density at radius 1 is 1.57 bits per heavy atom. The van der Waals surface area contributed by atoms with Crippen LogP contribution in [0.3, 0.4) is 0 Å². The molecule has 0 saturated carbocycles. The van der Waals surface area contributed by atoms with E-state index in [1.54, 1.807) is 23.8 Å². The number of nitriles is 1. The molecule has 110 valence electrons. The monoisotopic (exact) mass is 306 g/mol. The number of nitrogens with one attached hydrogen (secondary N) is 1. The van der Waals surface area contributed by atoms with E-state index >= 15 is 0 Å². The molecule has 1 aromatic carbocycles. The van der Waals surface area contributed by atoms with E-state index in [9.17, 15) is 4.79 Å². The maximum atomic E-state index is 11.9. The second-order valence-corrected chi connectivity index (χ2v) is 4.64. The number of amides is 1. The van der Waals surface area contributed by atoms with Gasteiger partial charge >= 0.3 is 0 Å². The molecular weight excluding hydrogens is 292 g/mol. The van der Waals surface area contributed by atoms with Crippen LogP contribution in [0, 0.1) is 11.3 Å². The van der Waals surface area contributed by atoms with Crippen LogP contribution in [0.5, 0.6) is 0 Å². The lowest BCUT2D eigenvalue weighted by Crippen LogP contribution is -2.30. The average molecular weight is 307 g/mol. The summed E-state index contributed by atoms with van der Waals surface area (Å²) >= 11 is 5.89. The number of carbonyl (C=O) groups excluding carboxylic acids is 1. The van der Waals surface area contributed by atoms with Gasteiger partial charge in [-0.25, -0.2) is 4.98 Å². The van der Waals surface area contributed by atoms with E-state index in [4.69, 9.17) is 21.6 Å². The van der Waals surface area contributed by atoms with Gasteiger partial charge in [0.1, 0.15) is 24.0 Å². The minimum Gasteiger partial charge on any atom is -0.383 e. The van der Waals surface area contributed by atoms with Crippen molar-refractivity contribution in [2.24, 2.45) is 0 Å². The first-order chi connectivity index (χ1) is 10.2. The third-order valence-corrected chi connectivity index (χ3v) is 3.27. The van der Waals surface area contributed by atoms with Crippen molar-refractivity contribution in [3.8, 4) is 6.07 Å². The molecule has 0 aliphatic carbocycles. The molecule has 2 rings (SSSR count). The quantitative estimate of drug-likeness (QED) is 0.646. The fourth-order valence-corrected chi connectivity index (χ4v) is 2.26. The lowest BCUT2D eigenvalue weighted by atomic mass is 10.2. The van der Waals surface area contributed by atoms with Gasteiger partial charge in [0, 0.05) is 13.7 Å². The van der Waals surface area contributed by atoms with Gasteiger partial charge in [0.2, 0.25) is 5.91 Å². The maximum absolute atomic E-state index is 11.9. The van der Waals surface area contributed by atoms with E-state index in [1.165, 1.54) is 0 Å². The molecule has 7 heteroatoms. The number of alkyl halides is 1. The Bertz CT molecular complexity index is 690. The van der Waals surface area contributed by atoms with Crippen LogP contribution in [0.25, 0.3) is 11.0 Å². The number of methoxy groups -OCH3 is 1. The molecule has 1 N–H and O–H groups in total. The fourth-order valence-electron chi connectivity index (χ4n) is 2.06. The van der Waals surface area contributed by atoms with Crippen molar-refractivity contribution in [2.45, 2.75) is 12.4 Å². The molecule has 1 amide bonds. The highest BCUT2D eigenvalue weighted by atomic mass is 35.5. The van der Waals surface area contributed by atoms with E-state index in [1.807, 2.05) is 6.07 Å². The Hall–Kier alpha value is -2.10. The van der Waals surface area contributed by atoms with Crippen LogP contribution < -0.4 is 5.32 Å². The number of fused-ring (bicyclic) bond motifs is 1. The van der Waals surface area contributed by atoms with Crippen molar-refractivity contribution >= 4 is 28.5 Å². The van der Waals surface area contributed by atoms with Gasteiger partial charge in [0.25, 0.3) is 0 Å². The summed E-state index contributed by atoms with van der Waals surface area (Å²) in [4.78, 5) is 16.3. The van der Waals surface area contributed by atoms with E-state index < -0.39 is 0 Å². The molecule has 0 spiro atoms. The molecule has 2 aromatic rings. The Morgan fingerprint density at radius 2 is 2.38 bits per heavy atom. The minimum absolute atomic E-state index is 0.108. The number of rotatable bonds is 6. The third-order valence-electron chi connectivity index (χ3n) is 3.03. The lowest BCUT2D eigenvalue weighted by molar-refractivity contribution is -0.121. The van der Waals surface area contributed by atoms with Crippen LogP contribution in [0.15, 0.2) is 18.2 Å². The summed E-state index contributed by atoms with van der Waals surface area (Å²) in [7, 11) is 1.57. The zero-order valence-electron chi connectivity index (χ0n) is 11.6. The molecule has 1 aromatic heterocycles. The Kier molecular flexibility index (Phi) is 5.14.